The summed E-state index contributed by atoms with van der Waals surface area (Å²) in [6.07, 6.45) is 0. The molecular weight excluding hydrogens is 223 g/mol. The van der Waals surface area contributed by atoms with Gasteiger partial charge in [0.05, 0.1) is 13.0 Å². The summed E-state index contributed by atoms with van der Waals surface area (Å²) in [4.78, 5) is 4.07. The summed E-state index contributed by atoms with van der Waals surface area (Å²) in [7, 11) is 1.54. The number of hydrogen-bond acceptors (Lipinski definition) is 2. The summed E-state index contributed by atoms with van der Waals surface area (Å²) in [5.41, 5.74) is 6.12. The van der Waals surface area contributed by atoms with Gasteiger partial charge in [0.25, 0.3) is 0 Å². The second-order valence-corrected chi connectivity index (χ2v) is 3.26. The molecule has 0 atom stereocenters. The molecule has 0 amide bonds. The van der Waals surface area contributed by atoms with Crippen molar-refractivity contribution < 1.29 is 4.74 Å². The molecule has 5 heteroatoms. The van der Waals surface area contributed by atoms with Gasteiger partial charge in [-0.05, 0) is 12.1 Å². The normalized spacial score (nSPS) is 11.5. The molecule has 0 aliphatic rings. The second-order valence-electron chi connectivity index (χ2n) is 2.55. The van der Waals surface area contributed by atoms with E-state index in [9.17, 15) is 0 Å². The summed E-state index contributed by atoms with van der Waals surface area (Å²) < 4.78 is 5.08. The average Bonchev–Trinajstić information content (AvgIpc) is 2.20. The Morgan fingerprint density at radius 3 is 2.86 bits per heavy atom. The number of ether oxygens (including phenoxy) is 1. The van der Waals surface area contributed by atoms with Crippen LogP contribution in [0.25, 0.3) is 0 Å². The summed E-state index contributed by atoms with van der Waals surface area (Å²) in [5.74, 6) is 1.10. The van der Waals surface area contributed by atoms with Crippen molar-refractivity contribution in [3.63, 3.8) is 0 Å². The van der Waals surface area contributed by atoms with Crippen LogP contribution in [0.1, 0.15) is 0 Å². The van der Waals surface area contributed by atoms with Gasteiger partial charge in [-0.25, -0.2) is 4.99 Å². The number of alkyl halides is 1. The number of amidine groups is 1. The van der Waals surface area contributed by atoms with E-state index in [1.165, 1.54) is 0 Å². The van der Waals surface area contributed by atoms with Crippen molar-refractivity contribution in [3.05, 3.63) is 23.2 Å². The van der Waals surface area contributed by atoms with Gasteiger partial charge in [0.2, 0.25) is 0 Å². The van der Waals surface area contributed by atoms with E-state index in [0.29, 0.717) is 22.3 Å². The molecule has 0 heterocycles. The first kappa shape index (κ1) is 11.1. The molecule has 1 aromatic rings. The molecule has 14 heavy (non-hydrogen) atoms. The molecule has 0 radical (unpaired) electrons. The monoisotopic (exact) mass is 232 g/mol. The van der Waals surface area contributed by atoms with Gasteiger partial charge in [0.15, 0.2) is 0 Å². The molecule has 0 aliphatic heterocycles. The highest BCUT2D eigenvalue weighted by Gasteiger charge is 2.02. The number of hydrogen-bond donors (Lipinski definition) is 1. The predicted octanol–water partition coefficient (Wildman–Crippen LogP) is 2.58. The molecule has 0 aliphatic carbocycles. The molecule has 0 bridgehead atoms. The number of rotatable bonds is 3. The quantitative estimate of drug-likeness (QED) is 0.495. The van der Waals surface area contributed by atoms with E-state index >= 15 is 0 Å². The van der Waals surface area contributed by atoms with Crippen LogP contribution in [0.5, 0.6) is 5.75 Å². The van der Waals surface area contributed by atoms with Gasteiger partial charge < -0.3 is 10.5 Å². The van der Waals surface area contributed by atoms with Crippen LogP contribution in [-0.4, -0.2) is 18.8 Å². The number of benzene rings is 1. The fourth-order valence-corrected chi connectivity index (χ4v) is 1.15. The molecule has 0 spiro atoms. The number of methoxy groups -OCH3 is 1. The third-order valence-electron chi connectivity index (χ3n) is 1.54. The maximum atomic E-state index is 5.78. The van der Waals surface area contributed by atoms with Crippen molar-refractivity contribution in [1.29, 1.82) is 0 Å². The molecule has 0 unspecified atom stereocenters. The van der Waals surface area contributed by atoms with Crippen molar-refractivity contribution in [1.82, 2.24) is 0 Å². The van der Waals surface area contributed by atoms with Gasteiger partial charge in [0.1, 0.15) is 17.3 Å². The number of aliphatic imine (C=N–C) groups is 1. The molecule has 0 fully saturated rings. The predicted molar refractivity (Wildman–Crippen MR) is 60.0 cm³/mol. The third-order valence-corrected chi connectivity index (χ3v) is 2.05. The fraction of sp³-hybridized carbons (Fsp3) is 0.222. The van der Waals surface area contributed by atoms with Gasteiger partial charge in [-0.2, -0.15) is 0 Å². The van der Waals surface area contributed by atoms with Crippen LogP contribution >= 0.6 is 23.2 Å². The zero-order chi connectivity index (χ0) is 10.6. The number of nitrogens with two attached hydrogens (primary N) is 1. The molecular formula is C9H10Cl2N2O. The summed E-state index contributed by atoms with van der Waals surface area (Å²) in [5, 5.41) is 0.588. The summed E-state index contributed by atoms with van der Waals surface area (Å²) in [6.45, 7) is 0. The third kappa shape index (κ3) is 2.79. The van der Waals surface area contributed by atoms with E-state index in [0.717, 1.165) is 0 Å². The molecule has 2 N–H and O–H groups in total. The van der Waals surface area contributed by atoms with Crippen molar-refractivity contribution in [2.75, 3.05) is 13.0 Å². The maximum Gasteiger partial charge on any atom is 0.146 e. The van der Waals surface area contributed by atoms with Crippen LogP contribution in [0.15, 0.2) is 23.2 Å². The van der Waals surface area contributed by atoms with Crippen molar-refractivity contribution in [2.24, 2.45) is 10.7 Å². The molecule has 1 rings (SSSR count). The number of nitrogens with zero attached hydrogens (tertiary/aromatic N) is 1. The lowest BCUT2D eigenvalue weighted by Gasteiger charge is -2.04. The molecule has 1 aromatic carbocycles. The lowest BCUT2D eigenvalue weighted by Crippen LogP contribution is -2.12. The van der Waals surface area contributed by atoms with Crippen LogP contribution in [0.3, 0.4) is 0 Å². The first-order valence-electron chi connectivity index (χ1n) is 3.90. The highest BCUT2D eigenvalue weighted by Crippen LogP contribution is 2.30. The van der Waals surface area contributed by atoms with Crippen LogP contribution in [0, 0.1) is 0 Å². The van der Waals surface area contributed by atoms with E-state index in [1.54, 1.807) is 25.3 Å². The smallest absolute Gasteiger partial charge is 0.146 e. The van der Waals surface area contributed by atoms with E-state index in [4.69, 9.17) is 33.7 Å². The van der Waals surface area contributed by atoms with E-state index in [1.807, 2.05) is 0 Å². The SMILES string of the molecule is COc1cc(Cl)ccc1N=C(N)CCl. The van der Waals surface area contributed by atoms with Gasteiger partial charge in [-0.3, -0.25) is 0 Å². The van der Waals surface area contributed by atoms with Crippen LogP contribution < -0.4 is 10.5 Å². The van der Waals surface area contributed by atoms with Crippen molar-refractivity contribution in [3.8, 4) is 5.75 Å². The lowest BCUT2D eigenvalue weighted by atomic mass is 10.3. The second kappa shape index (κ2) is 5.08. The summed E-state index contributed by atoms with van der Waals surface area (Å²) >= 11 is 11.3. The van der Waals surface area contributed by atoms with Gasteiger partial charge >= 0.3 is 0 Å². The highest BCUT2D eigenvalue weighted by atomic mass is 35.5. The van der Waals surface area contributed by atoms with E-state index in [-0.39, 0.29) is 5.88 Å². The van der Waals surface area contributed by atoms with Gasteiger partial charge in [0, 0.05) is 11.1 Å². The first-order chi connectivity index (χ1) is 6.67. The van der Waals surface area contributed by atoms with Crippen LogP contribution in [-0.2, 0) is 0 Å². The Morgan fingerprint density at radius 1 is 1.57 bits per heavy atom. The Labute approximate surface area is 92.5 Å². The Balaban J connectivity index is 3.08. The van der Waals surface area contributed by atoms with Gasteiger partial charge in [-0.1, -0.05) is 11.6 Å². The van der Waals surface area contributed by atoms with E-state index in [2.05, 4.69) is 4.99 Å². The topological polar surface area (TPSA) is 47.6 Å². The first-order valence-corrected chi connectivity index (χ1v) is 4.81. The number of halogens is 2. The maximum absolute atomic E-state index is 5.78. The minimum Gasteiger partial charge on any atom is -0.494 e. The largest absolute Gasteiger partial charge is 0.494 e. The van der Waals surface area contributed by atoms with Crippen molar-refractivity contribution in [2.45, 2.75) is 0 Å². The molecule has 0 aromatic heterocycles. The zero-order valence-electron chi connectivity index (χ0n) is 7.63. The zero-order valence-corrected chi connectivity index (χ0v) is 9.14. The molecule has 0 saturated carbocycles. The Bertz CT molecular complexity index is 353. The van der Waals surface area contributed by atoms with Crippen LogP contribution in [0.4, 0.5) is 5.69 Å². The van der Waals surface area contributed by atoms with Crippen LogP contribution in [0.2, 0.25) is 5.02 Å². The standard InChI is InChI=1S/C9H10Cl2N2O/c1-14-8-4-6(11)2-3-7(8)13-9(12)5-10/h2-4H,5H2,1H3,(H2,12,13). The molecule has 0 saturated heterocycles. The lowest BCUT2D eigenvalue weighted by molar-refractivity contribution is 0.416. The van der Waals surface area contributed by atoms with Gasteiger partial charge in [-0.15, -0.1) is 11.6 Å². The highest BCUT2D eigenvalue weighted by molar-refractivity contribution is 6.31. The van der Waals surface area contributed by atoms with Crippen molar-refractivity contribution >= 4 is 34.7 Å². The minimum atomic E-state index is 0.186. The molecule has 76 valence electrons. The average molecular weight is 233 g/mol. The van der Waals surface area contributed by atoms with E-state index < -0.39 is 0 Å². The fourth-order valence-electron chi connectivity index (χ4n) is 0.928. The summed E-state index contributed by atoms with van der Waals surface area (Å²) in [6, 6.07) is 5.10. The Kier molecular flexibility index (Phi) is 4.04. The Hall–Kier alpha value is -0.930. The Morgan fingerprint density at radius 2 is 2.29 bits per heavy atom. The minimum absolute atomic E-state index is 0.186. The molecule has 3 nitrogen and oxygen atoms in total.